The number of sulfonamides is 1. The SMILES string of the molecule is CCOc1ccc(S(=O)(=O)Nc2cccc(C(=O)N(CC)Cc3cccc(F)c3)c2)cc1. The van der Waals surface area contributed by atoms with Crippen molar-refractivity contribution in [1.29, 1.82) is 0 Å². The van der Waals surface area contributed by atoms with Crippen molar-refractivity contribution in [3.63, 3.8) is 0 Å². The number of amides is 1. The van der Waals surface area contributed by atoms with Gasteiger partial charge in [-0.05, 0) is 74.0 Å². The molecular weight excluding hydrogens is 431 g/mol. The molecule has 0 aliphatic carbocycles. The van der Waals surface area contributed by atoms with Crippen LogP contribution in [0.25, 0.3) is 0 Å². The molecule has 32 heavy (non-hydrogen) atoms. The van der Waals surface area contributed by atoms with E-state index in [1.807, 2.05) is 13.8 Å². The third-order valence-electron chi connectivity index (χ3n) is 4.74. The largest absolute Gasteiger partial charge is 0.494 e. The Bertz CT molecular complexity index is 1180. The molecular formula is C24H25FN2O4S. The minimum Gasteiger partial charge on any atom is -0.494 e. The summed E-state index contributed by atoms with van der Waals surface area (Å²) in [6.07, 6.45) is 0. The molecule has 0 heterocycles. The molecule has 6 nitrogen and oxygen atoms in total. The molecule has 0 atom stereocenters. The molecule has 0 saturated heterocycles. The summed E-state index contributed by atoms with van der Waals surface area (Å²) in [5, 5.41) is 0. The average molecular weight is 457 g/mol. The van der Waals surface area contributed by atoms with Crippen molar-refractivity contribution >= 4 is 21.6 Å². The third-order valence-corrected chi connectivity index (χ3v) is 6.14. The van der Waals surface area contributed by atoms with Gasteiger partial charge in [0.25, 0.3) is 15.9 Å². The maximum absolute atomic E-state index is 13.5. The van der Waals surface area contributed by atoms with Gasteiger partial charge in [0.2, 0.25) is 0 Å². The summed E-state index contributed by atoms with van der Waals surface area (Å²) in [6, 6.07) is 18.5. The number of ether oxygens (including phenoxy) is 1. The molecule has 0 saturated carbocycles. The van der Waals surface area contributed by atoms with Gasteiger partial charge < -0.3 is 9.64 Å². The number of halogens is 1. The summed E-state index contributed by atoms with van der Waals surface area (Å²) in [4.78, 5) is 14.6. The summed E-state index contributed by atoms with van der Waals surface area (Å²) < 4.78 is 46.8. The van der Waals surface area contributed by atoms with Crippen LogP contribution in [-0.4, -0.2) is 32.4 Å². The Labute approximate surface area is 187 Å². The molecule has 0 aliphatic rings. The van der Waals surface area contributed by atoms with Crippen LogP contribution in [0, 0.1) is 5.82 Å². The first-order chi connectivity index (χ1) is 15.3. The van der Waals surface area contributed by atoms with E-state index in [0.29, 0.717) is 30.0 Å². The second-order valence-electron chi connectivity index (χ2n) is 7.04. The van der Waals surface area contributed by atoms with E-state index in [1.165, 1.54) is 30.3 Å². The van der Waals surface area contributed by atoms with Gasteiger partial charge in [0.05, 0.1) is 11.5 Å². The van der Waals surface area contributed by atoms with Gasteiger partial charge in [0.1, 0.15) is 11.6 Å². The predicted molar refractivity (Wildman–Crippen MR) is 122 cm³/mol. The molecule has 3 aromatic rings. The number of nitrogens with one attached hydrogen (secondary N) is 1. The molecule has 0 radical (unpaired) electrons. The molecule has 3 rings (SSSR count). The van der Waals surface area contributed by atoms with Crippen LogP contribution in [0.1, 0.15) is 29.8 Å². The number of carbonyl (C=O) groups excluding carboxylic acids is 1. The highest BCUT2D eigenvalue weighted by Gasteiger charge is 2.18. The van der Waals surface area contributed by atoms with Gasteiger partial charge in [0.15, 0.2) is 0 Å². The summed E-state index contributed by atoms with van der Waals surface area (Å²) in [6.45, 7) is 4.82. The topological polar surface area (TPSA) is 75.7 Å². The Morgan fingerprint density at radius 2 is 1.72 bits per heavy atom. The lowest BCUT2D eigenvalue weighted by molar-refractivity contribution is 0.0752. The Kier molecular flexibility index (Phi) is 7.48. The van der Waals surface area contributed by atoms with Crippen LogP contribution in [0.3, 0.4) is 0 Å². The lowest BCUT2D eigenvalue weighted by atomic mass is 10.1. The second kappa shape index (κ2) is 10.3. The number of anilines is 1. The molecule has 0 spiro atoms. The van der Waals surface area contributed by atoms with Crippen LogP contribution < -0.4 is 9.46 Å². The van der Waals surface area contributed by atoms with E-state index in [1.54, 1.807) is 47.4 Å². The second-order valence-corrected chi connectivity index (χ2v) is 8.72. The van der Waals surface area contributed by atoms with Gasteiger partial charge >= 0.3 is 0 Å². The van der Waals surface area contributed by atoms with E-state index in [-0.39, 0.29) is 28.9 Å². The van der Waals surface area contributed by atoms with Crippen molar-refractivity contribution in [3.05, 3.63) is 89.7 Å². The summed E-state index contributed by atoms with van der Waals surface area (Å²) in [5.41, 5.74) is 1.27. The van der Waals surface area contributed by atoms with E-state index in [2.05, 4.69) is 4.72 Å². The number of hydrogen-bond acceptors (Lipinski definition) is 4. The van der Waals surface area contributed by atoms with Crippen LogP contribution in [0.5, 0.6) is 5.75 Å². The van der Waals surface area contributed by atoms with Crippen molar-refractivity contribution in [1.82, 2.24) is 4.90 Å². The highest BCUT2D eigenvalue weighted by atomic mass is 32.2. The number of benzene rings is 3. The van der Waals surface area contributed by atoms with Gasteiger partial charge in [-0.2, -0.15) is 0 Å². The fourth-order valence-electron chi connectivity index (χ4n) is 3.18. The standard InChI is InChI=1S/C24H25FN2O4S/c1-3-27(17-18-7-5-9-20(25)15-18)24(28)19-8-6-10-21(16-19)26-32(29,30)23-13-11-22(12-14-23)31-4-2/h5-16,26H,3-4,17H2,1-2H3. The fraction of sp³-hybridized carbons (Fsp3) is 0.208. The first-order valence-electron chi connectivity index (χ1n) is 10.2. The summed E-state index contributed by atoms with van der Waals surface area (Å²) in [7, 11) is -3.84. The van der Waals surface area contributed by atoms with Crippen molar-refractivity contribution in [2.75, 3.05) is 17.9 Å². The zero-order valence-electron chi connectivity index (χ0n) is 17.9. The molecule has 168 valence electrons. The van der Waals surface area contributed by atoms with Crippen LogP contribution in [0.15, 0.2) is 77.7 Å². The molecule has 1 N–H and O–H groups in total. The third kappa shape index (κ3) is 5.85. The number of hydrogen-bond donors (Lipinski definition) is 1. The Balaban J connectivity index is 1.76. The summed E-state index contributed by atoms with van der Waals surface area (Å²) in [5.74, 6) is -0.0624. The number of carbonyl (C=O) groups is 1. The van der Waals surface area contributed by atoms with Crippen molar-refractivity contribution in [2.45, 2.75) is 25.3 Å². The quantitative estimate of drug-likeness (QED) is 0.507. The smallest absolute Gasteiger partial charge is 0.261 e. The lowest BCUT2D eigenvalue weighted by Crippen LogP contribution is -2.30. The van der Waals surface area contributed by atoms with Gasteiger partial charge in [-0.3, -0.25) is 9.52 Å². The molecule has 3 aromatic carbocycles. The van der Waals surface area contributed by atoms with Crippen molar-refractivity contribution in [2.24, 2.45) is 0 Å². The Hall–Kier alpha value is -3.39. The van der Waals surface area contributed by atoms with Gasteiger partial charge in [-0.25, -0.2) is 12.8 Å². The minimum atomic E-state index is -3.84. The van der Waals surface area contributed by atoms with Crippen LogP contribution in [-0.2, 0) is 16.6 Å². The molecule has 0 unspecified atom stereocenters. The highest BCUT2D eigenvalue weighted by molar-refractivity contribution is 7.92. The maximum Gasteiger partial charge on any atom is 0.261 e. The average Bonchev–Trinajstić information content (AvgIpc) is 2.77. The maximum atomic E-state index is 13.5. The number of nitrogens with zero attached hydrogens (tertiary/aromatic N) is 1. The zero-order chi connectivity index (χ0) is 23.1. The molecule has 0 bridgehead atoms. The predicted octanol–water partition coefficient (Wildman–Crippen LogP) is 4.69. The Morgan fingerprint density at radius 1 is 1.00 bits per heavy atom. The monoisotopic (exact) mass is 456 g/mol. The Morgan fingerprint density at radius 3 is 2.38 bits per heavy atom. The minimum absolute atomic E-state index is 0.0824. The molecule has 0 fully saturated rings. The highest BCUT2D eigenvalue weighted by Crippen LogP contribution is 2.21. The van der Waals surface area contributed by atoms with Gasteiger partial charge in [-0.15, -0.1) is 0 Å². The van der Waals surface area contributed by atoms with E-state index in [0.717, 1.165) is 0 Å². The first kappa shape index (κ1) is 23.3. The lowest BCUT2D eigenvalue weighted by Gasteiger charge is -2.21. The molecule has 0 aromatic heterocycles. The first-order valence-corrected chi connectivity index (χ1v) is 11.7. The normalized spacial score (nSPS) is 11.1. The zero-order valence-corrected chi connectivity index (χ0v) is 18.7. The fourth-order valence-corrected chi connectivity index (χ4v) is 4.23. The van der Waals surface area contributed by atoms with Crippen LogP contribution in [0.4, 0.5) is 10.1 Å². The van der Waals surface area contributed by atoms with Crippen molar-refractivity contribution in [3.8, 4) is 5.75 Å². The number of rotatable bonds is 9. The summed E-state index contributed by atoms with van der Waals surface area (Å²) >= 11 is 0. The van der Waals surface area contributed by atoms with Crippen molar-refractivity contribution < 1.29 is 22.3 Å². The van der Waals surface area contributed by atoms with Crippen LogP contribution >= 0.6 is 0 Å². The van der Waals surface area contributed by atoms with E-state index in [9.17, 15) is 17.6 Å². The van der Waals surface area contributed by atoms with E-state index >= 15 is 0 Å². The molecule has 0 aliphatic heterocycles. The van der Waals surface area contributed by atoms with Gasteiger partial charge in [-0.1, -0.05) is 18.2 Å². The molecule has 8 heteroatoms. The van der Waals surface area contributed by atoms with Gasteiger partial charge in [0, 0.05) is 24.3 Å². The van der Waals surface area contributed by atoms with E-state index in [4.69, 9.17) is 4.74 Å². The van der Waals surface area contributed by atoms with E-state index < -0.39 is 10.0 Å². The van der Waals surface area contributed by atoms with Crippen LogP contribution in [0.2, 0.25) is 0 Å². The molecule has 1 amide bonds.